The standard InChI is InChI=1S/C15H20O5S/c16-15(17)14(10-12-4-2-1-3-5-12)21(18,19)11-13-6-8-20-9-7-13/h1-5,13-14H,6-11H2,(H,16,17). The molecule has 1 aliphatic heterocycles. The lowest BCUT2D eigenvalue weighted by atomic mass is 10.0. The zero-order valence-electron chi connectivity index (χ0n) is 11.8. The second-order valence-corrected chi connectivity index (χ2v) is 7.63. The van der Waals surface area contributed by atoms with Gasteiger partial charge in [0.05, 0.1) is 5.75 Å². The van der Waals surface area contributed by atoms with Crippen molar-refractivity contribution in [2.24, 2.45) is 5.92 Å². The number of ether oxygens (including phenoxy) is 1. The molecule has 0 radical (unpaired) electrons. The molecule has 5 nitrogen and oxygen atoms in total. The Morgan fingerprint density at radius 2 is 1.86 bits per heavy atom. The molecule has 116 valence electrons. The van der Waals surface area contributed by atoms with Crippen molar-refractivity contribution >= 4 is 15.8 Å². The maximum absolute atomic E-state index is 12.4. The van der Waals surface area contributed by atoms with E-state index in [1.165, 1.54) is 0 Å². The van der Waals surface area contributed by atoms with Crippen molar-refractivity contribution in [3.8, 4) is 0 Å². The highest BCUT2D eigenvalue weighted by Gasteiger charge is 2.34. The minimum Gasteiger partial charge on any atom is -0.480 e. The van der Waals surface area contributed by atoms with Crippen molar-refractivity contribution in [2.75, 3.05) is 19.0 Å². The normalized spacial score (nSPS) is 18.3. The van der Waals surface area contributed by atoms with Crippen LogP contribution in [0.5, 0.6) is 0 Å². The van der Waals surface area contributed by atoms with Crippen LogP contribution >= 0.6 is 0 Å². The van der Waals surface area contributed by atoms with E-state index in [1.54, 1.807) is 24.3 Å². The molecule has 0 bridgehead atoms. The van der Waals surface area contributed by atoms with Crippen LogP contribution in [0.15, 0.2) is 30.3 Å². The Morgan fingerprint density at radius 1 is 1.24 bits per heavy atom. The molecule has 6 heteroatoms. The molecule has 1 unspecified atom stereocenters. The number of carboxylic acids is 1. The predicted molar refractivity (Wildman–Crippen MR) is 78.9 cm³/mol. The van der Waals surface area contributed by atoms with Crippen LogP contribution in [0.1, 0.15) is 18.4 Å². The summed E-state index contributed by atoms with van der Waals surface area (Å²) in [7, 11) is -3.67. The molecule has 1 aromatic rings. The number of benzene rings is 1. The highest BCUT2D eigenvalue weighted by molar-refractivity contribution is 7.92. The van der Waals surface area contributed by atoms with Gasteiger partial charge >= 0.3 is 5.97 Å². The van der Waals surface area contributed by atoms with Crippen LogP contribution < -0.4 is 0 Å². The largest absolute Gasteiger partial charge is 0.480 e. The minimum atomic E-state index is -3.67. The SMILES string of the molecule is O=C(O)C(Cc1ccccc1)S(=O)(=O)CC1CCOCC1. The predicted octanol–water partition coefficient (Wildman–Crippen LogP) is 1.52. The van der Waals surface area contributed by atoms with Gasteiger partial charge in [-0.3, -0.25) is 4.79 Å². The lowest BCUT2D eigenvalue weighted by Crippen LogP contribution is -2.37. The minimum absolute atomic E-state index is 0.00127. The molecule has 1 saturated heterocycles. The average Bonchev–Trinajstić information content (AvgIpc) is 2.46. The Hall–Kier alpha value is -1.40. The third kappa shape index (κ3) is 4.54. The fourth-order valence-corrected chi connectivity index (χ4v) is 4.53. The number of carboxylic acid groups (broad SMARTS) is 1. The number of hydrogen-bond donors (Lipinski definition) is 1. The summed E-state index contributed by atoms with van der Waals surface area (Å²) in [6.45, 7) is 1.10. The van der Waals surface area contributed by atoms with Crippen molar-refractivity contribution in [2.45, 2.75) is 24.5 Å². The molecule has 1 aliphatic rings. The van der Waals surface area contributed by atoms with Crippen LogP contribution in [0, 0.1) is 5.92 Å². The lowest BCUT2D eigenvalue weighted by Gasteiger charge is -2.23. The molecule has 2 rings (SSSR count). The van der Waals surface area contributed by atoms with Crippen LogP contribution in [0.4, 0.5) is 0 Å². The van der Waals surface area contributed by atoms with Gasteiger partial charge in [-0.15, -0.1) is 0 Å². The second kappa shape index (κ2) is 7.04. The van der Waals surface area contributed by atoms with Crippen LogP contribution in [-0.4, -0.2) is 43.7 Å². The maximum Gasteiger partial charge on any atom is 0.322 e. The monoisotopic (exact) mass is 312 g/mol. The van der Waals surface area contributed by atoms with Crippen LogP contribution in [0.3, 0.4) is 0 Å². The van der Waals surface area contributed by atoms with Gasteiger partial charge in [-0.2, -0.15) is 0 Å². The Balaban J connectivity index is 2.10. The second-order valence-electron chi connectivity index (χ2n) is 5.40. The van der Waals surface area contributed by atoms with Crippen LogP contribution in [0.2, 0.25) is 0 Å². The summed E-state index contributed by atoms with van der Waals surface area (Å²) < 4.78 is 30.1. The third-order valence-corrected chi connectivity index (χ3v) is 5.95. The Morgan fingerprint density at radius 3 is 2.43 bits per heavy atom. The van der Waals surface area contributed by atoms with Gasteiger partial charge in [0.25, 0.3) is 0 Å². The Labute approximate surface area is 124 Å². The summed E-state index contributed by atoms with van der Waals surface area (Å²) >= 11 is 0. The van der Waals surface area contributed by atoms with E-state index in [0.717, 1.165) is 5.56 Å². The van der Waals surface area contributed by atoms with E-state index in [9.17, 15) is 18.3 Å². The highest BCUT2D eigenvalue weighted by atomic mass is 32.2. The van der Waals surface area contributed by atoms with Crippen molar-refractivity contribution in [3.05, 3.63) is 35.9 Å². The van der Waals surface area contributed by atoms with Gasteiger partial charge in [0.1, 0.15) is 0 Å². The molecule has 1 N–H and O–H groups in total. The summed E-state index contributed by atoms with van der Waals surface area (Å²) in [6, 6.07) is 8.87. The first-order valence-corrected chi connectivity index (χ1v) is 8.76. The van der Waals surface area contributed by atoms with Gasteiger partial charge in [0, 0.05) is 13.2 Å². The highest BCUT2D eigenvalue weighted by Crippen LogP contribution is 2.21. The van der Waals surface area contributed by atoms with Crippen LogP contribution in [0.25, 0.3) is 0 Å². The molecular formula is C15H20O5S. The Bertz CT molecular complexity index is 561. The van der Waals surface area contributed by atoms with Gasteiger partial charge < -0.3 is 9.84 Å². The molecule has 0 amide bonds. The molecule has 0 saturated carbocycles. The summed E-state index contributed by atoms with van der Waals surface area (Å²) in [5.74, 6) is -1.34. The maximum atomic E-state index is 12.4. The van der Waals surface area contributed by atoms with Gasteiger partial charge in [0.2, 0.25) is 0 Å². The van der Waals surface area contributed by atoms with Crippen molar-refractivity contribution < 1.29 is 23.1 Å². The third-order valence-electron chi connectivity index (χ3n) is 3.78. The number of rotatable bonds is 6. The quantitative estimate of drug-likeness (QED) is 0.861. The van der Waals surface area contributed by atoms with E-state index in [4.69, 9.17) is 4.74 Å². The number of sulfone groups is 1. The first kappa shape index (κ1) is 16.0. The van der Waals surface area contributed by atoms with Crippen molar-refractivity contribution in [1.82, 2.24) is 0 Å². The van der Waals surface area contributed by atoms with Gasteiger partial charge in [-0.25, -0.2) is 8.42 Å². The smallest absolute Gasteiger partial charge is 0.322 e. The van der Waals surface area contributed by atoms with Gasteiger partial charge in [0.15, 0.2) is 15.1 Å². The summed E-state index contributed by atoms with van der Waals surface area (Å²) in [4.78, 5) is 11.4. The first-order valence-electron chi connectivity index (χ1n) is 7.05. The molecule has 0 aliphatic carbocycles. The molecule has 0 spiro atoms. The molecule has 0 aromatic heterocycles. The average molecular weight is 312 g/mol. The summed E-state index contributed by atoms with van der Waals surface area (Å²) in [5.41, 5.74) is 0.723. The van der Waals surface area contributed by atoms with Gasteiger partial charge in [-0.1, -0.05) is 30.3 Å². The molecule has 1 atom stereocenters. The molecule has 1 aromatic carbocycles. The fraction of sp³-hybridized carbons (Fsp3) is 0.533. The topological polar surface area (TPSA) is 80.7 Å². The van der Waals surface area contributed by atoms with Gasteiger partial charge in [-0.05, 0) is 30.7 Å². The number of aliphatic carboxylic acids is 1. The van der Waals surface area contributed by atoms with Crippen molar-refractivity contribution in [3.63, 3.8) is 0 Å². The first-order chi connectivity index (χ1) is 9.99. The zero-order chi connectivity index (χ0) is 15.3. The fourth-order valence-electron chi connectivity index (χ4n) is 2.55. The van der Waals surface area contributed by atoms with E-state index >= 15 is 0 Å². The molecule has 21 heavy (non-hydrogen) atoms. The number of carbonyl (C=O) groups is 1. The van der Waals surface area contributed by atoms with E-state index in [1.807, 2.05) is 6.07 Å². The summed E-state index contributed by atoms with van der Waals surface area (Å²) in [5, 5.41) is 7.92. The molecule has 1 heterocycles. The molecular weight excluding hydrogens is 292 g/mol. The number of hydrogen-bond acceptors (Lipinski definition) is 4. The van der Waals surface area contributed by atoms with E-state index < -0.39 is 21.1 Å². The molecule has 1 fully saturated rings. The van der Waals surface area contributed by atoms with E-state index in [-0.39, 0.29) is 18.1 Å². The Kier molecular flexibility index (Phi) is 5.36. The lowest BCUT2D eigenvalue weighted by molar-refractivity contribution is -0.136. The van der Waals surface area contributed by atoms with Crippen molar-refractivity contribution in [1.29, 1.82) is 0 Å². The van der Waals surface area contributed by atoms with E-state index in [0.29, 0.717) is 26.1 Å². The zero-order valence-corrected chi connectivity index (χ0v) is 12.6. The summed E-state index contributed by atoms with van der Waals surface area (Å²) in [6.07, 6.45) is 1.37. The van der Waals surface area contributed by atoms with Crippen LogP contribution in [-0.2, 0) is 25.8 Å². The van der Waals surface area contributed by atoms with E-state index in [2.05, 4.69) is 0 Å².